The first-order valence-electron chi connectivity index (χ1n) is 8.11. The smallest absolute Gasteiger partial charge is 0.230 e. The maximum Gasteiger partial charge on any atom is 0.230 e. The third kappa shape index (κ3) is 4.01. The zero-order valence-electron chi connectivity index (χ0n) is 13.9. The van der Waals surface area contributed by atoms with Crippen LogP contribution in [-0.4, -0.2) is 44.7 Å². The standard InChI is InChI=1S/C18H27NO3/c1-4-17(15-7-9-16(22-3)10-8-15)18(20)19-11-5-6-14(12-19)13-21-2/h7-10,14,17H,4-6,11-13H2,1-3H3. The molecule has 0 aliphatic carbocycles. The van der Waals surface area contributed by atoms with Gasteiger partial charge in [0, 0.05) is 20.2 Å². The van der Waals surface area contributed by atoms with Crippen LogP contribution in [0.15, 0.2) is 24.3 Å². The van der Waals surface area contributed by atoms with Crippen molar-refractivity contribution in [2.24, 2.45) is 5.92 Å². The maximum absolute atomic E-state index is 12.9. The Morgan fingerprint density at radius 3 is 2.64 bits per heavy atom. The van der Waals surface area contributed by atoms with Crippen LogP contribution in [-0.2, 0) is 9.53 Å². The second kappa shape index (κ2) is 8.18. The monoisotopic (exact) mass is 305 g/mol. The van der Waals surface area contributed by atoms with Crippen molar-refractivity contribution in [1.82, 2.24) is 4.90 Å². The maximum atomic E-state index is 12.9. The Bertz CT molecular complexity index is 470. The summed E-state index contributed by atoms with van der Waals surface area (Å²) in [7, 11) is 3.38. The fourth-order valence-corrected chi connectivity index (χ4v) is 3.25. The first kappa shape index (κ1) is 16.8. The topological polar surface area (TPSA) is 38.8 Å². The van der Waals surface area contributed by atoms with Crippen molar-refractivity contribution in [2.45, 2.75) is 32.1 Å². The molecule has 2 atom stereocenters. The molecule has 0 bridgehead atoms. The Hall–Kier alpha value is -1.55. The van der Waals surface area contributed by atoms with E-state index in [-0.39, 0.29) is 11.8 Å². The van der Waals surface area contributed by atoms with E-state index in [2.05, 4.69) is 6.92 Å². The van der Waals surface area contributed by atoms with E-state index in [1.54, 1.807) is 14.2 Å². The number of benzene rings is 1. The van der Waals surface area contributed by atoms with Crippen LogP contribution in [0.3, 0.4) is 0 Å². The predicted octanol–water partition coefficient (Wildman–Crippen LogP) is 3.07. The van der Waals surface area contributed by atoms with Gasteiger partial charge in [0.15, 0.2) is 0 Å². The number of amides is 1. The molecule has 22 heavy (non-hydrogen) atoms. The van der Waals surface area contributed by atoms with E-state index < -0.39 is 0 Å². The van der Waals surface area contributed by atoms with E-state index >= 15 is 0 Å². The van der Waals surface area contributed by atoms with Gasteiger partial charge in [-0.05, 0) is 42.9 Å². The summed E-state index contributed by atoms with van der Waals surface area (Å²) >= 11 is 0. The summed E-state index contributed by atoms with van der Waals surface area (Å²) in [4.78, 5) is 14.9. The zero-order chi connectivity index (χ0) is 15.9. The summed E-state index contributed by atoms with van der Waals surface area (Å²) in [5, 5.41) is 0. The Morgan fingerprint density at radius 1 is 1.32 bits per heavy atom. The van der Waals surface area contributed by atoms with Gasteiger partial charge < -0.3 is 14.4 Å². The lowest BCUT2D eigenvalue weighted by atomic mass is 9.92. The highest BCUT2D eigenvalue weighted by Crippen LogP contribution is 2.27. The molecule has 1 amide bonds. The second-order valence-corrected chi connectivity index (χ2v) is 5.98. The lowest BCUT2D eigenvalue weighted by molar-refractivity contribution is -0.135. The Morgan fingerprint density at radius 2 is 2.05 bits per heavy atom. The molecule has 0 aromatic heterocycles. The van der Waals surface area contributed by atoms with Crippen molar-refractivity contribution in [2.75, 3.05) is 33.9 Å². The van der Waals surface area contributed by atoms with Gasteiger partial charge in [0.05, 0.1) is 19.6 Å². The van der Waals surface area contributed by atoms with Gasteiger partial charge in [-0.3, -0.25) is 4.79 Å². The van der Waals surface area contributed by atoms with E-state index in [1.165, 1.54) is 0 Å². The number of hydrogen-bond acceptors (Lipinski definition) is 3. The summed E-state index contributed by atoms with van der Waals surface area (Å²) in [5.41, 5.74) is 1.07. The van der Waals surface area contributed by atoms with Crippen molar-refractivity contribution < 1.29 is 14.3 Å². The molecule has 122 valence electrons. The van der Waals surface area contributed by atoms with Crippen molar-refractivity contribution in [1.29, 1.82) is 0 Å². The number of rotatable bonds is 6. The Labute approximate surface area is 133 Å². The van der Waals surface area contributed by atoms with E-state index in [1.807, 2.05) is 29.2 Å². The predicted molar refractivity (Wildman–Crippen MR) is 87.2 cm³/mol. The molecule has 0 spiro atoms. The van der Waals surface area contributed by atoms with Gasteiger partial charge in [-0.2, -0.15) is 0 Å². The SMILES string of the molecule is CCC(C(=O)N1CCCC(COC)C1)c1ccc(OC)cc1. The lowest BCUT2D eigenvalue weighted by Crippen LogP contribution is -2.43. The van der Waals surface area contributed by atoms with Crippen LogP contribution in [0.2, 0.25) is 0 Å². The van der Waals surface area contributed by atoms with Crippen LogP contribution >= 0.6 is 0 Å². The van der Waals surface area contributed by atoms with Crippen molar-refractivity contribution in [3.05, 3.63) is 29.8 Å². The average molecular weight is 305 g/mol. The van der Waals surface area contributed by atoms with Crippen molar-refractivity contribution in [3.63, 3.8) is 0 Å². The van der Waals surface area contributed by atoms with Gasteiger partial charge in [0.25, 0.3) is 0 Å². The zero-order valence-corrected chi connectivity index (χ0v) is 13.9. The van der Waals surface area contributed by atoms with Gasteiger partial charge in [-0.15, -0.1) is 0 Å². The molecule has 4 nitrogen and oxygen atoms in total. The third-order valence-electron chi connectivity index (χ3n) is 4.46. The number of piperidine rings is 1. The summed E-state index contributed by atoms with van der Waals surface area (Å²) in [5.74, 6) is 1.47. The quantitative estimate of drug-likeness (QED) is 0.811. The van der Waals surface area contributed by atoms with Crippen LogP contribution in [0.1, 0.15) is 37.7 Å². The number of ether oxygens (including phenoxy) is 2. The molecule has 0 radical (unpaired) electrons. The van der Waals surface area contributed by atoms with Gasteiger partial charge in [-0.1, -0.05) is 19.1 Å². The summed E-state index contributed by atoms with van der Waals surface area (Å²) in [6.45, 7) is 4.50. The molecule has 2 rings (SSSR count). The Kier molecular flexibility index (Phi) is 6.25. The molecule has 0 N–H and O–H groups in total. The second-order valence-electron chi connectivity index (χ2n) is 5.98. The fourth-order valence-electron chi connectivity index (χ4n) is 3.25. The minimum atomic E-state index is -0.0628. The van der Waals surface area contributed by atoms with E-state index in [9.17, 15) is 4.79 Å². The molecule has 1 aromatic carbocycles. The van der Waals surface area contributed by atoms with Gasteiger partial charge in [0.2, 0.25) is 5.91 Å². The van der Waals surface area contributed by atoms with Crippen molar-refractivity contribution in [3.8, 4) is 5.75 Å². The van der Waals surface area contributed by atoms with Crippen LogP contribution < -0.4 is 4.74 Å². The summed E-state index contributed by atoms with van der Waals surface area (Å²) < 4.78 is 10.4. The average Bonchev–Trinajstić information content (AvgIpc) is 2.56. The number of carbonyl (C=O) groups excluding carboxylic acids is 1. The third-order valence-corrected chi connectivity index (χ3v) is 4.46. The summed E-state index contributed by atoms with van der Waals surface area (Å²) in [6, 6.07) is 7.85. The molecule has 1 aliphatic heterocycles. The number of nitrogens with zero attached hydrogens (tertiary/aromatic N) is 1. The fraction of sp³-hybridized carbons (Fsp3) is 0.611. The van der Waals surface area contributed by atoms with Gasteiger partial charge in [-0.25, -0.2) is 0 Å². The molecule has 1 aromatic rings. The van der Waals surface area contributed by atoms with Gasteiger partial charge in [0.1, 0.15) is 5.75 Å². The largest absolute Gasteiger partial charge is 0.497 e. The highest BCUT2D eigenvalue weighted by atomic mass is 16.5. The van der Waals surface area contributed by atoms with Gasteiger partial charge >= 0.3 is 0 Å². The molecule has 1 aliphatic rings. The number of hydrogen-bond donors (Lipinski definition) is 0. The highest BCUT2D eigenvalue weighted by molar-refractivity contribution is 5.83. The molecule has 4 heteroatoms. The molecule has 0 saturated carbocycles. The van der Waals surface area contributed by atoms with E-state index in [4.69, 9.17) is 9.47 Å². The molecular formula is C18H27NO3. The number of likely N-dealkylation sites (tertiary alicyclic amines) is 1. The van der Waals surface area contributed by atoms with Crippen molar-refractivity contribution >= 4 is 5.91 Å². The van der Waals surface area contributed by atoms with E-state index in [0.717, 1.165) is 50.3 Å². The molecule has 2 unspecified atom stereocenters. The first-order chi connectivity index (χ1) is 10.7. The first-order valence-corrected chi connectivity index (χ1v) is 8.11. The normalized spacial score (nSPS) is 19.8. The van der Waals surface area contributed by atoms with Crippen LogP contribution in [0, 0.1) is 5.92 Å². The molecule has 1 saturated heterocycles. The minimum Gasteiger partial charge on any atom is -0.497 e. The summed E-state index contributed by atoms with van der Waals surface area (Å²) in [6.07, 6.45) is 3.03. The molecule has 1 fully saturated rings. The van der Waals surface area contributed by atoms with Crippen LogP contribution in [0.25, 0.3) is 0 Å². The van der Waals surface area contributed by atoms with Crippen LogP contribution in [0.4, 0.5) is 0 Å². The van der Waals surface area contributed by atoms with Crippen LogP contribution in [0.5, 0.6) is 5.75 Å². The number of carbonyl (C=O) groups is 1. The number of methoxy groups -OCH3 is 2. The molecular weight excluding hydrogens is 278 g/mol. The molecule has 1 heterocycles. The van der Waals surface area contributed by atoms with E-state index in [0.29, 0.717) is 5.92 Å². The minimum absolute atomic E-state index is 0.0628. The Balaban J connectivity index is 2.07. The highest BCUT2D eigenvalue weighted by Gasteiger charge is 2.28. The lowest BCUT2D eigenvalue weighted by Gasteiger charge is -2.34.